The molecule has 1 saturated heterocycles. The van der Waals surface area contributed by atoms with Crippen molar-refractivity contribution in [2.75, 3.05) is 13.1 Å². The van der Waals surface area contributed by atoms with Gasteiger partial charge in [0.1, 0.15) is 6.10 Å². The van der Waals surface area contributed by atoms with Crippen molar-refractivity contribution in [2.24, 2.45) is 11.8 Å². The van der Waals surface area contributed by atoms with Crippen LogP contribution < -0.4 is 4.74 Å². The van der Waals surface area contributed by atoms with Crippen molar-refractivity contribution in [3.05, 3.63) is 35.4 Å². The third-order valence-electron chi connectivity index (χ3n) is 7.57. The molecule has 24 heavy (non-hydrogen) atoms. The molecule has 2 bridgehead atoms. The van der Waals surface area contributed by atoms with Gasteiger partial charge in [-0.3, -0.25) is 4.90 Å². The van der Waals surface area contributed by atoms with Crippen molar-refractivity contribution in [1.82, 2.24) is 4.90 Å². The van der Waals surface area contributed by atoms with Crippen LogP contribution in [0, 0.1) is 11.8 Å². The second kappa shape index (κ2) is 4.37. The zero-order chi connectivity index (χ0) is 16.1. The predicted molar refractivity (Wildman–Crippen MR) is 92.5 cm³/mol. The quantitative estimate of drug-likeness (QED) is 0.847. The molecule has 3 fully saturated rings. The number of phenols is 1. The molecule has 0 amide bonds. The van der Waals surface area contributed by atoms with E-state index in [1.165, 1.54) is 49.1 Å². The Morgan fingerprint density at radius 3 is 3.00 bits per heavy atom. The van der Waals surface area contributed by atoms with Crippen LogP contribution in [-0.4, -0.2) is 35.2 Å². The molecule has 3 heteroatoms. The molecule has 2 heterocycles. The van der Waals surface area contributed by atoms with Crippen LogP contribution in [0.2, 0.25) is 0 Å². The lowest BCUT2D eigenvalue weighted by molar-refractivity contribution is -0.0339. The number of hydrogen-bond acceptors (Lipinski definition) is 3. The molecule has 2 aliphatic heterocycles. The Hall–Kier alpha value is -1.48. The maximum Gasteiger partial charge on any atom is 0.166 e. The second-order valence-corrected chi connectivity index (χ2v) is 8.75. The summed E-state index contributed by atoms with van der Waals surface area (Å²) in [7, 11) is 0. The fourth-order valence-corrected chi connectivity index (χ4v) is 6.40. The van der Waals surface area contributed by atoms with Gasteiger partial charge in [0.2, 0.25) is 0 Å². The molecule has 1 N–H and O–H groups in total. The van der Waals surface area contributed by atoms with E-state index in [2.05, 4.69) is 17.5 Å². The maximum atomic E-state index is 10.4. The topological polar surface area (TPSA) is 32.7 Å². The summed E-state index contributed by atoms with van der Waals surface area (Å²) < 4.78 is 6.38. The molecule has 0 aromatic heterocycles. The highest BCUT2D eigenvalue weighted by Gasteiger charge is 2.64. The number of likely N-dealkylation sites (tertiary alicyclic amines) is 1. The molecule has 2 saturated carbocycles. The number of benzene rings is 1. The minimum atomic E-state index is 0.0850. The molecule has 3 aliphatic carbocycles. The van der Waals surface area contributed by atoms with Crippen molar-refractivity contribution in [2.45, 2.75) is 56.1 Å². The summed E-state index contributed by atoms with van der Waals surface area (Å²) in [6.07, 6.45) is 7.54. The van der Waals surface area contributed by atoms with Crippen LogP contribution >= 0.6 is 0 Å². The number of phenolic OH excluding ortho intramolecular Hbond substituents is 1. The van der Waals surface area contributed by atoms with E-state index in [0.29, 0.717) is 17.7 Å². The van der Waals surface area contributed by atoms with Gasteiger partial charge in [-0.1, -0.05) is 12.6 Å². The molecule has 1 spiro atoms. The molecule has 0 radical (unpaired) electrons. The van der Waals surface area contributed by atoms with Gasteiger partial charge in [0.25, 0.3) is 0 Å². The summed E-state index contributed by atoms with van der Waals surface area (Å²) in [6.45, 7) is 6.83. The first kappa shape index (κ1) is 13.8. The predicted octanol–water partition coefficient (Wildman–Crippen LogP) is 3.40. The van der Waals surface area contributed by atoms with E-state index in [1.807, 2.05) is 6.07 Å². The third kappa shape index (κ3) is 1.53. The molecule has 5 aliphatic rings. The van der Waals surface area contributed by atoms with Gasteiger partial charge < -0.3 is 9.84 Å². The zero-order valence-electron chi connectivity index (χ0n) is 14.1. The monoisotopic (exact) mass is 323 g/mol. The number of ether oxygens (including phenoxy) is 1. The average molecular weight is 323 g/mol. The van der Waals surface area contributed by atoms with Gasteiger partial charge in [0.05, 0.1) is 0 Å². The Morgan fingerprint density at radius 2 is 2.17 bits per heavy atom. The van der Waals surface area contributed by atoms with Gasteiger partial charge in [-0.15, -0.1) is 0 Å². The van der Waals surface area contributed by atoms with E-state index >= 15 is 0 Å². The molecule has 3 nitrogen and oxygen atoms in total. The largest absolute Gasteiger partial charge is 0.504 e. The molecule has 126 valence electrons. The van der Waals surface area contributed by atoms with Gasteiger partial charge in [0.15, 0.2) is 11.5 Å². The molecule has 1 aromatic carbocycles. The van der Waals surface area contributed by atoms with Gasteiger partial charge in [-0.2, -0.15) is 0 Å². The normalized spacial score (nSPS) is 39.5. The number of hydrogen-bond donors (Lipinski definition) is 1. The minimum Gasteiger partial charge on any atom is -0.504 e. The van der Waals surface area contributed by atoms with Crippen molar-refractivity contribution in [3.63, 3.8) is 0 Å². The zero-order valence-corrected chi connectivity index (χ0v) is 14.1. The van der Waals surface area contributed by atoms with E-state index < -0.39 is 0 Å². The van der Waals surface area contributed by atoms with Gasteiger partial charge >= 0.3 is 0 Å². The van der Waals surface area contributed by atoms with Crippen LogP contribution in [0.5, 0.6) is 11.5 Å². The van der Waals surface area contributed by atoms with Crippen molar-refractivity contribution >= 4 is 0 Å². The molecule has 4 atom stereocenters. The lowest BCUT2D eigenvalue weighted by Crippen LogP contribution is -2.64. The van der Waals surface area contributed by atoms with Crippen LogP contribution in [0.1, 0.15) is 43.2 Å². The standard InChI is InChI=1S/C21H25NO2/c1-12-2-6-15-16-10-14-5-7-17(23)19-18(14)21(15,20(12)24-19)8-9-22(16)11-13-3-4-13/h5,7,13,15-16,20,23H,1-4,6,8-11H2/t15-,16+,20-,21-/m0/s1. The summed E-state index contributed by atoms with van der Waals surface area (Å²) in [5.41, 5.74) is 4.09. The van der Waals surface area contributed by atoms with Crippen LogP contribution in [0.15, 0.2) is 24.3 Å². The van der Waals surface area contributed by atoms with Gasteiger partial charge in [0, 0.05) is 23.6 Å². The van der Waals surface area contributed by atoms with E-state index in [4.69, 9.17) is 4.74 Å². The average Bonchev–Trinajstić information content (AvgIpc) is 3.32. The number of rotatable bonds is 2. The third-order valence-corrected chi connectivity index (χ3v) is 7.57. The Labute approximate surface area is 143 Å². The van der Waals surface area contributed by atoms with Crippen molar-refractivity contribution < 1.29 is 9.84 Å². The van der Waals surface area contributed by atoms with Crippen molar-refractivity contribution in [3.8, 4) is 11.5 Å². The maximum absolute atomic E-state index is 10.4. The highest BCUT2D eigenvalue weighted by Crippen LogP contribution is 2.64. The summed E-state index contributed by atoms with van der Waals surface area (Å²) in [4.78, 5) is 2.80. The van der Waals surface area contributed by atoms with Crippen LogP contribution in [0.4, 0.5) is 0 Å². The highest BCUT2D eigenvalue weighted by molar-refractivity contribution is 5.62. The SMILES string of the molecule is C=C1CC[C@H]2[C@H]3Cc4ccc(O)c5c4[C@@]2(CCN3CC2CC2)[C@H]1O5. The first-order valence-corrected chi connectivity index (χ1v) is 9.62. The molecular weight excluding hydrogens is 298 g/mol. The molecule has 1 aromatic rings. The van der Waals surface area contributed by atoms with E-state index in [-0.39, 0.29) is 11.5 Å². The summed E-state index contributed by atoms with van der Waals surface area (Å²) in [5.74, 6) is 2.71. The van der Waals surface area contributed by atoms with E-state index in [9.17, 15) is 5.11 Å². The molecule has 6 rings (SSSR count). The lowest BCUT2D eigenvalue weighted by Gasteiger charge is -2.58. The fourth-order valence-electron chi connectivity index (χ4n) is 6.40. The molecular formula is C21H25NO2. The Bertz CT molecular complexity index is 752. The smallest absolute Gasteiger partial charge is 0.166 e. The second-order valence-electron chi connectivity index (χ2n) is 8.75. The summed E-state index contributed by atoms with van der Waals surface area (Å²) in [5, 5.41) is 10.4. The highest BCUT2D eigenvalue weighted by atomic mass is 16.5. The van der Waals surface area contributed by atoms with Crippen LogP contribution in [0.3, 0.4) is 0 Å². The Kier molecular flexibility index (Phi) is 2.51. The van der Waals surface area contributed by atoms with E-state index in [1.54, 1.807) is 0 Å². The van der Waals surface area contributed by atoms with E-state index in [0.717, 1.165) is 30.9 Å². The lowest BCUT2D eigenvalue weighted by atomic mass is 9.51. The number of piperidine rings is 1. The Balaban J connectivity index is 1.53. The molecule has 0 unspecified atom stereocenters. The Morgan fingerprint density at radius 1 is 1.29 bits per heavy atom. The summed E-state index contributed by atoms with van der Waals surface area (Å²) in [6, 6.07) is 4.65. The number of nitrogens with zero attached hydrogens (tertiary/aromatic N) is 1. The van der Waals surface area contributed by atoms with Gasteiger partial charge in [-0.05, 0) is 74.1 Å². The van der Waals surface area contributed by atoms with Crippen LogP contribution in [-0.2, 0) is 11.8 Å². The van der Waals surface area contributed by atoms with Gasteiger partial charge in [-0.25, -0.2) is 0 Å². The number of aromatic hydroxyl groups is 1. The summed E-state index contributed by atoms with van der Waals surface area (Å²) >= 11 is 0. The fraction of sp³-hybridized carbons (Fsp3) is 0.619. The minimum absolute atomic E-state index is 0.0850. The first-order chi connectivity index (χ1) is 11.7. The first-order valence-electron chi connectivity index (χ1n) is 9.62. The van der Waals surface area contributed by atoms with Crippen molar-refractivity contribution in [1.29, 1.82) is 0 Å². The van der Waals surface area contributed by atoms with Crippen LogP contribution in [0.25, 0.3) is 0 Å².